The average Bonchev–Trinajstić information content (AvgIpc) is 2.32. The topological polar surface area (TPSA) is 84.3 Å². The predicted molar refractivity (Wildman–Crippen MR) is 66.9 cm³/mol. The molecular formula is C12H13N3O3. The molecule has 6 heteroatoms. The molecule has 1 aromatic rings. The zero-order chi connectivity index (χ0) is 13.0. The van der Waals surface area contributed by atoms with Crippen molar-refractivity contribution in [2.75, 3.05) is 13.1 Å². The molecule has 94 valence electrons. The van der Waals surface area contributed by atoms with Gasteiger partial charge in [-0.3, -0.25) is 14.9 Å². The van der Waals surface area contributed by atoms with Gasteiger partial charge in [-0.2, -0.15) is 0 Å². The molecular weight excluding hydrogens is 234 g/mol. The summed E-state index contributed by atoms with van der Waals surface area (Å²) < 4.78 is 0. The van der Waals surface area contributed by atoms with Gasteiger partial charge in [0.15, 0.2) is 0 Å². The second-order valence-corrected chi connectivity index (χ2v) is 4.05. The third-order valence-corrected chi connectivity index (χ3v) is 2.66. The van der Waals surface area contributed by atoms with Crippen LogP contribution in [0.2, 0.25) is 0 Å². The highest BCUT2D eigenvalue weighted by atomic mass is 16.6. The Bertz CT molecular complexity index is 478. The van der Waals surface area contributed by atoms with Crippen molar-refractivity contribution < 1.29 is 9.72 Å². The maximum Gasteiger partial charge on any atom is 0.269 e. The quantitative estimate of drug-likeness (QED) is 0.466. The van der Waals surface area contributed by atoms with Crippen LogP contribution >= 0.6 is 0 Å². The first-order chi connectivity index (χ1) is 8.65. The number of rotatable bonds is 4. The molecule has 2 N–H and O–H groups in total. The lowest BCUT2D eigenvalue weighted by Gasteiger charge is -2.27. The second kappa shape index (κ2) is 5.42. The van der Waals surface area contributed by atoms with Crippen molar-refractivity contribution >= 4 is 17.7 Å². The van der Waals surface area contributed by atoms with Crippen LogP contribution in [0, 0.1) is 10.1 Å². The van der Waals surface area contributed by atoms with Crippen LogP contribution in [-0.2, 0) is 4.79 Å². The van der Waals surface area contributed by atoms with E-state index in [1.165, 1.54) is 18.2 Å². The van der Waals surface area contributed by atoms with E-state index in [4.69, 9.17) is 0 Å². The lowest BCUT2D eigenvalue weighted by Crippen LogP contribution is -2.56. The van der Waals surface area contributed by atoms with Crippen molar-refractivity contribution in [1.82, 2.24) is 10.6 Å². The van der Waals surface area contributed by atoms with Gasteiger partial charge in [0, 0.05) is 31.3 Å². The fourth-order valence-corrected chi connectivity index (χ4v) is 1.52. The minimum absolute atomic E-state index is 0.0390. The number of nitrogens with zero attached hydrogens (tertiary/aromatic N) is 1. The number of benzene rings is 1. The average molecular weight is 247 g/mol. The predicted octanol–water partition coefficient (Wildman–Crippen LogP) is 0.696. The second-order valence-electron chi connectivity index (χ2n) is 4.05. The Labute approximate surface area is 104 Å². The van der Waals surface area contributed by atoms with Gasteiger partial charge < -0.3 is 10.6 Å². The van der Waals surface area contributed by atoms with E-state index in [0.717, 1.165) is 18.7 Å². The summed E-state index contributed by atoms with van der Waals surface area (Å²) in [6.45, 7) is 1.61. The van der Waals surface area contributed by atoms with Gasteiger partial charge in [0.05, 0.1) is 11.0 Å². The Morgan fingerprint density at radius 1 is 1.39 bits per heavy atom. The normalized spacial score (nSPS) is 15.3. The van der Waals surface area contributed by atoms with E-state index in [9.17, 15) is 14.9 Å². The number of amides is 1. The van der Waals surface area contributed by atoms with Gasteiger partial charge >= 0.3 is 0 Å². The molecule has 1 aliphatic heterocycles. The molecule has 0 aromatic heterocycles. The van der Waals surface area contributed by atoms with Gasteiger partial charge in [0.25, 0.3) is 5.69 Å². The van der Waals surface area contributed by atoms with E-state index in [-0.39, 0.29) is 17.6 Å². The van der Waals surface area contributed by atoms with Crippen LogP contribution in [0.4, 0.5) is 5.69 Å². The van der Waals surface area contributed by atoms with Crippen molar-refractivity contribution in [3.05, 3.63) is 46.0 Å². The lowest BCUT2D eigenvalue weighted by atomic mass is 10.1. The lowest BCUT2D eigenvalue weighted by molar-refractivity contribution is -0.384. The molecule has 0 unspecified atom stereocenters. The molecule has 0 atom stereocenters. The van der Waals surface area contributed by atoms with Crippen LogP contribution in [0.15, 0.2) is 30.3 Å². The SMILES string of the molecule is O=C(C=Cc1ccc([N+](=O)[O-])cc1)NC1CNC1. The van der Waals surface area contributed by atoms with Crippen molar-refractivity contribution in [1.29, 1.82) is 0 Å². The van der Waals surface area contributed by atoms with Gasteiger partial charge in [-0.1, -0.05) is 0 Å². The molecule has 1 aliphatic rings. The minimum Gasteiger partial charge on any atom is -0.347 e. The third kappa shape index (κ3) is 3.14. The first kappa shape index (κ1) is 12.3. The number of carbonyl (C=O) groups is 1. The smallest absolute Gasteiger partial charge is 0.269 e. The third-order valence-electron chi connectivity index (χ3n) is 2.66. The maximum atomic E-state index is 11.5. The summed E-state index contributed by atoms with van der Waals surface area (Å²) in [5.74, 6) is -0.153. The number of hydrogen-bond donors (Lipinski definition) is 2. The Hall–Kier alpha value is -2.21. The summed E-state index contributed by atoms with van der Waals surface area (Å²) in [5.41, 5.74) is 0.791. The van der Waals surface area contributed by atoms with E-state index in [1.807, 2.05) is 0 Å². The Morgan fingerprint density at radius 3 is 2.56 bits per heavy atom. The van der Waals surface area contributed by atoms with Gasteiger partial charge in [-0.15, -0.1) is 0 Å². The number of nitro benzene ring substituents is 1. The van der Waals surface area contributed by atoms with Crippen molar-refractivity contribution in [3.63, 3.8) is 0 Å². The summed E-state index contributed by atoms with van der Waals surface area (Å²) >= 11 is 0. The fraction of sp³-hybridized carbons (Fsp3) is 0.250. The van der Waals surface area contributed by atoms with Crippen molar-refractivity contribution in [2.24, 2.45) is 0 Å². The summed E-state index contributed by atoms with van der Waals surface area (Å²) in [4.78, 5) is 21.5. The Morgan fingerprint density at radius 2 is 2.06 bits per heavy atom. The molecule has 0 radical (unpaired) electrons. The summed E-state index contributed by atoms with van der Waals surface area (Å²) in [6, 6.07) is 6.24. The highest BCUT2D eigenvalue weighted by molar-refractivity contribution is 5.92. The number of nitrogens with one attached hydrogen (secondary N) is 2. The molecule has 18 heavy (non-hydrogen) atoms. The molecule has 1 fully saturated rings. The summed E-state index contributed by atoms with van der Waals surface area (Å²) in [6.07, 6.45) is 3.06. The van der Waals surface area contributed by atoms with Gasteiger partial charge in [-0.25, -0.2) is 0 Å². The van der Waals surface area contributed by atoms with Crippen molar-refractivity contribution in [3.8, 4) is 0 Å². The zero-order valence-electron chi connectivity index (χ0n) is 9.63. The van der Waals surface area contributed by atoms with E-state index in [2.05, 4.69) is 10.6 Å². The first-order valence-corrected chi connectivity index (χ1v) is 5.59. The largest absolute Gasteiger partial charge is 0.347 e. The van der Waals surface area contributed by atoms with Crippen LogP contribution in [0.25, 0.3) is 6.08 Å². The Balaban J connectivity index is 1.91. The number of hydrogen-bond acceptors (Lipinski definition) is 4. The van der Waals surface area contributed by atoms with Gasteiger partial charge in [0.2, 0.25) is 5.91 Å². The van der Waals surface area contributed by atoms with Gasteiger partial charge in [0.1, 0.15) is 0 Å². The number of non-ortho nitro benzene ring substituents is 1. The Kier molecular flexibility index (Phi) is 3.69. The first-order valence-electron chi connectivity index (χ1n) is 5.59. The van der Waals surface area contributed by atoms with E-state index >= 15 is 0 Å². The fourth-order valence-electron chi connectivity index (χ4n) is 1.52. The molecule has 2 rings (SSSR count). The van der Waals surface area contributed by atoms with Crippen LogP contribution in [0.3, 0.4) is 0 Å². The molecule has 0 saturated carbocycles. The van der Waals surface area contributed by atoms with E-state index in [0.29, 0.717) is 0 Å². The molecule has 1 saturated heterocycles. The summed E-state index contributed by atoms with van der Waals surface area (Å²) in [7, 11) is 0. The molecule has 1 aromatic carbocycles. The maximum absolute atomic E-state index is 11.5. The zero-order valence-corrected chi connectivity index (χ0v) is 9.63. The van der Waals surface area contributed by atoms with Gasteiger partial charge in [-0.05, 0) is 23.8 Å². The summed E-state index contributed by atoms with van der Waals surface area (Å²) in [5, 5.41) is 16.3. The van der Waals surface area contributed by atoms with Crippen LogP contribution in [0.1, 0.15) is 5.56 Å². The minimum atomic E-state index is -0.455. The molecule has 6 nitrogen and oxygen atoms in total. The molecule has 0 bridgehead atoms. The standard InChI is InChI=1S/C12H13N3O3/c16-12(14-10-7-13-8-10)6-3-9-1-4-11(5-2-9)15(17)18/h1-6,10,13H,7-8H2,(H,14,16). The molecule has 0 spiro atoms. The van der Waals surface area contributed by atoms with Crippen LogP contribution < -0.4 is 10.6 Å². The highest BCUT2D eigenvalue weighted by Gasteiger charge is 2.17. The number of nitro groups is 1. The van der Waals surface area contributed by atoms with Crippen molar-refractivity contribution in [2.45, 2.75) is 6.04 Å². The monoisotopic (exact) mass is 247 g/mol. The van der Waals surface area contributed by atoms with E-state index < -0.39 is 4.92 Å². The molecule has 0 aliphatic carbocycles. The van der Waals surface area contributed by atoms with Crippen LogP contribution in [0.5, 0.6) is 0 Å². The highest BCUT2D eigenvalue weighted by Crippen LogP contribution is 2.12. The molecule has 1 amide bonds. The number of carbonyl (C=O) groups excluding carboxylic acids is 1. The van der Waals surface area contributed by atoms with E-state index in [1.54, 1.807) is 18.2 Å². The van der Waals surface area contributed by atoms with Crippen LogP contribution in [-0.4, -0.2) is 30.0 Å². The molecule has 1 heterocycles.